The van der Waals surface area contributed by atoms with E-state index in [9.17, 15) is 0 Å². The number of hydrogen-bond acceptors (Lipinski definition) is 2. The van der Waals surface area contributed by atoms with Crippen LogP contribution in [-0.4, -0.2) is 6.21 Å². The van der Waals surface area contributed by atoms with Crippen molar-refractivity contribution in [1.29, 1.82) is 0 Å². The molecule has 0 bridgehead atoms. The van der Waals surface area contributed by atoms with E-state index in [1.165, 1.54) is 11.1 Å². The van der Waals surface area contributed by atoms with Gasteiger partial charge in [0.05, 0.1) is 6.21 Å². The summed E-state index contributed by atoms with van der Waals surface area (Å²) in [6.45, 7) is 4.73. The fourth-order valence-electron chi connectivity index (χ4n) is 1.80. The Kier molecular flexibility index (Phi) is 4.73. The summed E-state index contributed by atoms with van der Waals surface area (Å²) in [7, 11) is 0. The van der Waals surface area contributed by atoms with Gasteiger partial charge in [0, 0.05) is 0 Å². The van der Waals surface area contributed by atoms with Gasteiger partial charge in [-0.25, -0.2) is 0 Å². The summed E-state index contributed by atoms with van der Waals surface area (Å²) in [5.41, 5.74) is 4.77. The minimum atomic E-state index is 0.510. The highest BCUT2D eigenvalue weighted by atomic mass is 16.6. The monoisotopic (exact) mass is 253 g/mol. The van der Waals surface area contributed by atoms with Gasteiger partial charge in [-0.05, 0) is 30.0 Å². The number of oxime groups is 1. The van der Waals surface area contributed by atoms with Crippen LogP contribution in [-0.2, 0) is 17.9 Å². The predicted molar refractivity (Wildman–Crippen MR) is 79.4 cm³/mol. The van der Waals surface area contributed by atoms with Crippen molar-refractivity contribution in [2.24, 2.45) is 5.16 Å². The van der Waals surface area contributed by atoms with Gasteiger partial charge in [0.2, 0.25) is 0 Å². The maximum absolute atomic E-state index is 5.32. The van der Waals surface area contributed by atoms with Crippen LogP contribution in [0.4, 0.5) is 0 Å². The van der Waals surface area contributed by atoms with Crippen LogP contribution < -0.4 is 0 Å². The molecule has 2 rings (SSSR count). The molecule has 0 saturated heterocycles. The minimum Gasteiger partial charge on any atom is -0.391 e. The summed E-state index contributed by atoms with van der Waals surface area (Å²) in [6, 6.07) is 16.6. The Bertz CT molecular complexity index is 543. The number of aryl methyl sites for hydroxylation is 2. The average Bonchev–Trinajstić information content (AvgIpc) is 2.46. The van der Waals surface area contributed by atoms with E-state index in [1.807, 2.05) is 12.1 Å². The van der Waals surface area contributed by atoms with Gasteiger partial charge in [-0.2, -0.15) is 0 Å². The van der Waals surface area contributed by atoms with Crippen LogP contribution >= 0.6 is 0 Å². The van der Waals surface area contributed by atoms with Gasteiger partial charge in [0.15, 0.2) is 0 Å². The Hall–Kier alpha value is -2.09. The molecule has 98 valence electrons. The lowest BCUT2D eigenvalue weighted by atomic mass is 10.1. The highest BCUT2D eigenvalue weighted by Gasteiger charge is 1.94. The molecule has 0 aromatic heterocycles. The van der Waals surface area contributed by atoms with Crippen molar-refractivity contribution < 1.29 is 4.84 Å². The zero-order chi connectivity index (χ0) is 13.5. The van der Waals surface area contributed by atoms with E-state index in [0.29, 0.717) is 6.61 Å². The normalized spacial score (nSPS) is 10.8. The zero-order valence-corrected chi connectivity index (χ0v) is 11.5. The van der Waals surface area contributed by atoms with Gasteiger partial charge in [-0.3, -0.25) is 0 Å². The second kappa shape index (κ2) is 6.74. The molecular weight excluding hydrogens is 234 g/mol. The van der Waals surface area contributed by atoms with E-state index < -0.39 is 0 Å². The number of nitrogens with zero attached hydrogens (tertiary/aromatic N) is 1. The molecule has 0 saturated carbocycles. The lowest BCUT2D eigenvalue weighted by molar-refractivity contribution is 0.132. The van der Waals surface area contributed by atoms with E-state index in [4.69, 9.17) is 4.84 Å². The summed E-state index contributed by atoms with van der Waals surface area (Å²) >= 11 is 0. The molecule has 0 heterocycles. The van der Waals surface area contributed by atoms with Crippen molar-refractivity contribution in [1.82, 2.24) is 0 Å². The fourth-order valence-corrected chi connectivity index (χ4v) is 1.80. The number of rotatable bonds is 5. The van der Waals surface area contributed by atoms with Crippen LogP contribution in [0.2, 0.25) is 0 Å². The van der Waals surface area contributed by atoms with Gasteiger partial charge in [-0.1, -0.05) is 66.2 Å². The Labute approximate surface area is 114 Å². The molecule has 0 N–H and O–H groups in total. The molecule has 0 aliphatic heterocycles. The van der Waals surface area contributed by atoms with E-state index in [-0.39, 0.29) is 0 Å². The molecule has 0 fully saturated rings. The molecule has 0 aliphatic rings. The molecule has 19 heavy (non-hydrogen) atoms. The standard InChI is InChI=1S/C17H19NO/c1-3-15-5-4-6-17(11-15)13-19-18-12-16-9-7-14(2)8-10-16/h4-12H,3,13H2,1-2H3. The largest absolute Gasteiger partial charge is 0.391 e. The van der Waals surface area contributed by atoms with Gasteiger partial charge in [-0.15, -0.1) is 0 Å². The molecule has 2 aromatic carbocycles. The fraction of sp³-hybridized carbons (Fsp3) is 0.235. The molecule has 0 spiro atoms. The van der Waals surface area contributed by atoms with E-state index >= 15 is 0 Å². The van der Waals surface area contributed by atoms with Crippen molar-refractivity contribution >= 4 is 6.21 Å². The highest BCUT2D eigenvalue weighted by molar-refractivity contribution is 5.79. The second-order valence-electron chi connectivity index (χ2n) is 4.59. The van der Waals surface area contributed by atoms with Crippen LogP contribution in [0.25, 0.3) is 0 Å². The van der Waals surface area contributed by atoms with Gasteiger partial charge >= 0.3 is 0 Å². The summed E-state index contributed by atoms with van der Waals surface area (Å²) in [6.07, 6.45) is 2.78. The molecule has 0 amide bonds. The molecule has 0 radical (unpaired) electrons. The highest BCUT2D eigenvalue weighted by Crippen LogP contribution is 2.07. The third kappa shape index (κ3) is 4.25. The first kappa shape index (κ1) is 13.3. The smallest absolute Gasteiger partial charge is 0.142 e. The Balaban J connectivity index is 1.87. The molecule has 0 aliphatic carbocycles. The van der Waals surface area contributed by atoms with Crippen LogP contribution in [0.3, 0.4) is 0 Å². The topological polar surface area (TPSA) is 21.6 Å². The molecule has 0 unspecified atom stereocenters. The van der Waals surface area contributed by atoms with Gasteiger partial charge in [0.1, 0.15) is 6.61 Å². The van der Waals surface area contributed by atoms with Crippen molar-refractivity contribution in [2.45, 2.75) is 26.9 Å². The third-order valence-electron chi connectivity index (χ3n) is 2.98. The van der Waals surface area contributed by atoms with Crippen LogP contribution in [0.1, 0.15) is 29.2 Å². The SMILES string of the molecule is CCc1cccc(CON=Cc2ccc(C)cc2)c1. The third-order valence-corrected chi connectivity index (χ3v) is 2.98. The minimum absolute atomic E-state index is 0.510. The van der Waals surface area contributed by atoms with Crippen molar-refractivity contribution in [3.8, 4) is 0 Å². The van der Waals surface area contributed by atoms with Crippen LogP contribution in [0.15, 0.2) is 53.7 Å². The molecule has 2 heteroatoms. The van der Waals surface area contributed by atoms with Crippen molar-refractivity contribution in [3.63, 3.8) is 0 Å². The Morgan fingerprint density at radius 1 is 1.05 bits per heavy atom. The van der Waals surface area contributed by atoms with Crippen LogP contribution in [0.5, 0.6) is 0 Å². The summed E-state index contributed by atoms with van der Waals surface area (Å²) < 4.78 is 0. The predicted octanol–water partition coefficient (Wildman–Crippen LogP) is 4.11. The molecule has 2 aromatic rings. The number of hydrogen-bond donors (Lipinski definition) is 0. The van der Waals surface area contributed by atoms with Crippen molar-refractivity contribution in [3.05, 3.63) is 70.8 Å². The summed E-state index contributed by atoms with van der Waals surface area (Å²) in [5.74, 6) is 0. The van der Waals surface area contributed by atoms with E-state index in [1.54, 1.807) is 6.21 Å². The second-order valence-corrected chi connectivity index (χ2v) is 4.59. The first-order chi connectivity index (χ1) is 9.28. The zero-order valence-electron chi connectivity index (χ0n) is 11.5. The van der Waals surface area contributed by atoms with Crippen molar-refractivity contribution in [2.75, 3.05) is 0 Å². The molecular formula is C17H19NO. The Morgan fingerprint density at radius 3 is 2.53 bits per heavy atom. The summed E-state index contributed by atoms with van der Waals surface area (Å²) in [4.78, 5) is 5.32. The van der Waals surface area contributed by atoms with Gasteiger partial charge < -0.3 is 4.84 Å². The lowest BCUT2D eigenvalue weighted by Crippen LogP contribution is -1.90. The average molecular weight is 253 g/mol. The Morgan fingerprint density at radius 2 is 1.79 bits per heavy atom. The van der Waals surface area contributed by atoms with E-state index in [0.717, 1.165) is 17.5 Å². The molecule has 2 nitrogen and oxygen atoms in total. The maximum atomic E-state index is 5.32. The van der Waals surface area contributed by atoms with E-state index in [2.05, 4.69) is 55.4 Å². The summed E-state index contributed by atoms with van der Waals surface area (Å²) in [5, 5.41) is 4.00. The van der Waals surface area contributed by atoms with Crippen LogP contribution in [0, 0.1) is 6.92 Å². The molecule has 0 atom stereocenters. The lowest BCUT2D eigenvalue weighted by Gasteiger charge is -2.02. The first-order valence-corrected chi connectivity index (χ1v) is 6.58. The quantitative estimate of drug-likeness (QED) is 0.580. The van der Waals surface area contributed by atoms with Gasteiger partial charge in [0.25, 0.3) is 0 Å². The number of benzene rings is 2. The first-order valence-electron chi connectivity index (χ1n) is 6.58. The maximum Gasteiger partial charge on any atom is 0.142 e.